The standard InChI is InChI=1S/C31H36N4O5/c1-5-26-24-16-29(39-4)28(38-3)15-23(24)25(31(37)35-26)14-21-12-20-13-22(40-17-19-6-7-19)8-9-27(20)34-30(21)33-11-10-32-18(2)36/h8-9,12-13,15-16,19H,5-7,10-11,14,17H2,1-4H3,(H,32,36)(H,33,34)(H,35,37). The highest BCUT2D eigenvalue weighted by atomic mass is 16.5. The number of methoxy groups -OCH3 is 2. The van der Waals surface area contributed by atoms with E-state index in [2.05, 4.69) is 21.7 Å². The molecule has 9 nitrogen and oxygen atoms in total. The first kappa shape index (κ1) is 27.3. The van der Waals surface area contributed by atoms with E-state index in [0.717, 1.165) is 45.3 Å². The first-order chi connectivity index (χ1) is 19.4. The van der Waals surface area contributed by atoms with Gasteiger partial charge in [-0.05, 0) is 72.5 Å². The fraction of sp³-hybridized carbons (Fsp3) is 0.387. The van der Waals surface area contributed by atoms with Gasteiger partial charge >= 0.3 is 0 Å². The Morgan fingerprint density at radius 1 is 1.05 bits per heavy atom. The molecule has 1 aliphatic rings. The van der Waals surface area contributed by atoms with Gasteiger partial charge in [0, 0.05) is 48.5 Å². The zero-order valence-corrected chi connectivity index (χ0v) is 23.5. The Kier molecular flexibility index (Phi) is 8.09. The van der Waals surface area contributed by atoms with Crippen molar-refractivity contribution in [2.45, 2.75) is 39.5 Å². The Bertz CT molecular complexity index is 1610. The molecule has 5 rings (SSSR count). The number of hydrogen-bond acceptors (Lipinski definition) is 7. The highest BCUT2D eigenvalue weighted by molar-refractivity contribution is 5.91. The van der Waals surface area contributed by atoms with Crippen molar-refractivity contribution < 1.29 is 19.0 Å². The number of pyridine rings is 2. The maximum atomic E-state index is 13.5. The van der Waals surface area contributed by atoms with Crippen LogP contribution in [0.1, 0.15) is 43.5 Å². The number of carbonyl (C=O) groups excluding carboxylic acids is 1. The third-order valence-electron chi connectivity index (χ3n) is 7.27. The third-order valence-corrected chi connectivity index (χ3v) is 7.27. The summed E-state index contributed by atoms with van der Waals surface area (Å²) in [5.41, 5.74) is 2.98. The quantitative estimate of drug-likeness (QED) is 0.224. The van der Waals surface area contributed by atoms with Crippen LogP contribution >= 0.6 is 0 Å². The second-order valence-corrected chi connectivity index (χ2v) is 10.2. The number of benzene rings is 2. The van der Waals surface area contributed by atoms with Gasteiger partial charge in [-0.15, -0.1) is 0 Å². The minimum atomic E-state index is -0.151. The van der Waals surface area contributed by atoms with Crippen molar-refractivity contribution in [3.63, 3.8) is 0 Å². The van der Waals surface area contributed by atoms with Gasteiger partial charge in [0.25, 0.3) is 5.56 Å². The van der Waals surface area contributed by atoms with Gasteiger partial charge in [0.1, 0.15) is 11.6 Å². The number of aryl methyl sites for hydroxylation is 1. The molecule has 1 amide bonds. The van der Waals surface area contributed by atoms with Crippen LogP contribution in [-0.4, -0.2) is 49.8 Å². The molecule has 1 fully saturated rings. The van der Waals surface area contributed by atoms with E-state index in [9.17, 15) is 9.59 Å². The highest BCUT2D eigenvalue weighted by Crippen LogP contribution is 2.36. The molecule has 0 unspecified atom stereocenters. The minimum absolute atomic E-state index is 0.0920. The van der Waals surface area contributed by atoms with E-state index < -0.39 is 0 Å². The monoisotopic (exact) mass is 544 g/mol. The summed E-state index contributed by atoms with van der Waals surface area (Å²) in [7, 11) is 3.19. The summed E-state index contributed by atoms with van der Waals surface area (Å²) in [6, 6.07) is 11.8. The number of nitrogens with one attached hydrogen (secondary N) is 3. The average molecular weight is 545 g/mol. The minimum Gasteiger partial charge on any atom is -0.493 e. The summed E-state index contributed by atoms with van der Waals surface area (Å²) in [5, 5.41) is 8.82. The predicted molar refractivity (Wildman–Crippen MR) is 157 cm³/mol. The molecular weight excluding hydrogens is 508 g/mol. The molecule has 2 aromatic heterocycles. The van der Waals surface area contributed by atoms with Crippen LogP contribution in [0.15, 0.2) is 41.2 Å². The molecule has 0 atom stereocenters. The molecular formula is C31H36N4O5. The van der Waals surface area contributed by atoms with E-state index in [1.807, 2.05) is 37.3 Å². The largest absolute Gasteiger partial charge is 0.493 e. The summed E-state index contributed by atoms with van der Waals surface area (Å²) in [5.74, 6) is 3.20. The molecule has 4 aromatic rings. The molecule has 2 aromatic carbocycles. The molecule has 0 bridgehead atoms. The number of aromatic nitrogens is 2. The van der Waals surface area contributed by atoms with Crippen LogP contribution in [0.25, 0.3) is 21.7 Å². The maximum Gasteiger partial charge on any atom is 0.252 e. The molecule has 0 saturated heterocycles. The van der Waals surface area contributed by atoms with E-state index in [-0.39, 0.29) is 11.5 Å². The van der Waals surface area contributed by atoms with E-state index in [0.29, 0.717) is 54.7 Å². The van der Waals surface area contributed by atoms with Gasteiger partial charge in [0.05, 0.1) is 26.3 Å². The van der Waals surface area contributed by atoms with Crippen LogP contribution in [0.3, 0.4) is 0 Å². The molecule has 2 heterocycles. The summed E-state index contributed by atoms with van der Waals surface area (Å²) in [6.07, 6.45) is 3.45. The van der Waals surface area contributed by atoms with Crippen LogP contribution in [0.5, 0.6) is 17.2 Å². The van der Waals surface area contributed by atoms with Crippen molar-refractivity contribution in [3.8, 4) is 17.2 Å². The van der Waals surface area contributed by atoms with Gasteiger partial charge in [-0.2, -0.15) is 0 Å². The Hall–Kier alpha value is -4.27. The number of H-pyrrole nitrogens is 1. The average Bonchev–Trinajstić information content (AvgIpc) is 3.79. The molecule has 40 heavy (non-hydrogen) atoms. The van der Waals surface area contributed by atoms with Crippen molar-refractivity contribution in [1.82, 2.24) is 15.3 Å². The number of fused-ring (bicyclic) bond motifs is 2. The number of hydrogen-bond donors (Lipinski definition) is 3. The fourth-order valence-corrected chi connectivity index (χ4v) is 4.92. The summed E-state index contributed by atoms with van der Waals surface area (Å²) < 4.78 is 17.1. The predicted octanol–water partition coefficient (Wildman–Crippen LogP) is 4.58. The lowest BCUT2D eigenvalue weighted by Crippen LogP contribution is -2.26. The van der Waals surface area contributed by atoms with Crippen LogP contribution in [0.2, 0.25) is 0 Å². The fourth-order valence-electron chi connectivity index (χ4n) is 4.92. The normalized spacial score (nSPS) is 12.9. The van der Waals surface area contributed by atoms with Gasteiger partial charge in [-0.1, -0.05) is 6.92 Å². The molecule has 210 valence electrons. The maximum absolute atomic E-state index is 13.5. The molecule has 0 aliphatic heterocycles. The smallest absolute Gasteiger partial charge is 0.252 e. The van der Waals surface area contributed by atoms with Crippen LogP contribution in [0, 0.1) is 5.92 Å². The lowest BCUT2D eigenvalue weighted by atomic mass is 9.97. The van der Waals surface area contributed by atoms with Crippen molar-refractivity contribution in [2.24, 2.45) is 5.92 Å². The van der Waals surface area contributed by atoms with Crippen molar-refractivity contribution in [1.29, 1.82) is 0 Å². The number of amides is 1. The second-order valence-electron chi connectivity index (χ2n) is 10.2. The van der Waals surface area contributed by atoms with E-state index >= 15 is 0 Å². The molecule has 3 N–H and O–H groups in total. The topological polar surface area (TPSA) is 115 Å². The first-order valence-electron chi connectivity index (χ1n) is 13.7. The Labute approximate surface area is 233 Å². The number of ether oxygens (including phenoxy) is 3. The lowest BCUT2D eigenvalue weighted by molar-refractivity contribution is -0.118. The summed E-state index contributed by atoms with van der Waals surface area (Å²) in [6.45, 7) is 5.17. The molecule has 0 spiro atoms. The number of carbonyl (C=O) groups is 1. The van der Waals surface area contributed by atoms with Crippen LogP contribution in [-0.2, 0) is 17.6 Å². The van der Waals surface area contributed by atoms with Gasteiger partial charge < -0.3 is 29.8 Å². The van der Waals surface area contributed by atoms with Crippen molar-refractivity contribution in [2.75, 3.05) is 39.2 Å². The van der Waals surface area contributed by atoms with E-state index in [1.165, 1.54) is 19.8 Å². The molecule has 0 radical (unpaired) electrons. The Balaban J connectivity index is 1.59. The highest BCUT2D eigenvalue weighted by Gasteiger charge is 2.22. The van der Waals surface area contributed by atoms with Gasteiger partial charge in [0.2, 0.25) is 5.91 Å². The van der Waals surface area contributed by atoms with Crippen molar-refractivity contribution >= 4 is 33.4 Å². The number of aromatic amines is 1. The number of rotatable bonds is 12. The van der Waals surface area contributed by atoms with Crippen LogP contribution in [0.4, 0.5) is 5.82 Å². The van der Waals surface area contributed by atoms with Gasteiger partial charge in [-0.25, -0.2) is 4.98 Å². The Morgan fingerprint density at radius 3 is 2.48 bits per heavy atom. The lowest BCUT2D eigenvalue weighted by Gasteiger charge is -2.17. The second kappa shape index (κ2) is 11.9. The van der Waals surface area contributed by atoms with Crippen LogP contribution < -0.4 is 30.4 Å². The van der Waals surface area contributed by atoms with E-state index in [4.69, 9.17) is 19.2 Å². The molecule has 1 aliphatic carbocycles. The van der Waals surface area contributed by atoms with Gasteiger partial charge in [-0.3, -0.25) is 9.59 Å². The third kappa shape index (κ3) is 5.98. The first-order valence-corrected chi connectivity index (χ1v) is 13.7. The SMILES string of the molecule is CCc1[nH]c(=O)c(Cc2cc3cc(OCC4CC4)ccc3nc2NCCNC(C)=O)c2cc(OC)c(OC)cc12. The summed E-state index contributed by atoms with van der Waals surface area (Å²) in [4.78, 5) is 32.8. The zero-order chi connectivity index (χ0) is 28.2. The van der Waals surface area contributed by atoms with Gasteiger partial charge in [0.15, 0.2) is 11.5 Å². The number of anilines is 1. The Morgan fingerprint density at radius 2 is 1.80 bits per heavy atom. The van der Waals surface area contributed by atoms with Crippen molar-refractivity contribution in [3.05, 3.63) is 63.6 Å². The number of nitrogens with zero attached hydrogens (tertiary/aromatic N) is 1. The zero-order valence-electron chi connectivity index (χ0n) is 23.5. The molecule has 9 heteroatoms. The summed E-state index contributed by atoms with van der Waals surface area (Å²) >= 11 is 0. The van der Waals surface area contributed by atoms with E-state index in [1.54, 1.807) is 14.2 Å². The molecule has 1 saturated carbocycles.